The lowest BCUT2D eigenvalue weighted by atomic mass is 9.67. The largest absolute Gasteiger partial charge is 0.0991 e. The Balaban J connectivity index is 2.61. The highest BCUT2D eigenvalue weighted by molar-refractivity contribution is 5.94. The van der Waals surface area contributed by atoms with Gasteiger partial charge in [0, 0.05) is 0 Å². The van der Waals surface area contributed by atoms with Gasteiger partial charge in [0.15, 0.2) is 0 Å². The highest BCUT2D eigenvalue weighted by atomic mass is 14.5. The molecule has 0 aliphatic heterocycles. The summed E-state index contributed by atoms with van der Waals surface area (Å²) in [5, 5.41) is 0. The first-order chi connectivity index (χ1) is 14.2. The number of rotatable bonds is 8. The molecule has 1 atom stereocenters. The predicted molar refractivity (Wildman–Crippen MR) is 129 cm³/mol. The lowest BCUT2D eigenvalue weighted by Gasteiger charge is -2.33. The molecule has 2 aliphatic rings. The lowest BCUT2D eigenvalue weighted by molar-refractivity contribution is 0.772. The van der Waals surface area contributed by atoms with Crippen molar-refractivity contribution in [3.05, 3.63) is 163 Å². The summed E-state index contributed by atoms with van der Waals surface area (Å²) in [7, 11) is 0. The molecule has 2 aliphatic carbocycles. The van der Waals surface area contributed by atoms with E-state index in [9.17, 15) is 0 Å². The summed E-state index contributed by atoms with van der Waals surface area (Å²) in [4.78, 5) is 0. The summed E-state index contributed by atoms with van der Waals surface area (Å²) in [6.45, 7) is 24.2. The van der Waals surface area contributed by atoms with Crippen molar-refractivity contribution in [3.8, 4) is 0 Å². The van der Waals surface area contributed by atoms with E-state index < -0.39 is 5.41 Å². The molecular formula is C29H26. The monoisotopic (exact) mass is 374 g/mol. The highest BCUT2D eigenvalue weighted by Crippen LogP contribution is 2.61. The van der Waals surface area contributed by atoms with E-state index in [-0.39, 0.29) is 0 Å². The number of allylic oxidation sites excluding steroid dienone is 16. The molecule has 0 amide bonds. The molecule has 0 fully saturated rings. The first-order valence-corrected chi connectivity index (χ1v) is 9.59. The molecule has 0 heteroatoms. The third-order valence-corrected chi connectivity index (χ3v) is 5.61. The van der Waals surface area contributed by atoms with Gasteiger partial charge >= 0.3 is 0 Å². The van der Waals surface area contributed by atoms with Crippen LogP contribution in [-0.2, 0) is 5.41 Å². The zero-order valence-corrected chi connectivity index (χ0v) is 16.8. The van der Waals surface area contributed by atoms with Crippen molar-refractivity contribution in [2.75, 3.05) is 0 Å². The molecule has 0 aromatic heterocycles. The Bertz CT molecular complexity index is 1090. The average molecular weight is 375 g/mol. The van der Waals surface area contributed by atoms with Crippen molar-refractivity contribution < 1.29 is 0 Å². The minimum absolute atomic E-state index is 0.520. The Kier molecular flexibility index (Phi) is 5.66. The zero-order valence-electron chi connectivity index (χ0n) is 16.8. The van der Waals surface area contributed by atoms with Crippen LogP contribution in [0.2, 0.25) is 0 Å². The van der Waals surface area contributed by atoms with E-state index in [4.69, 9.17) is 0 Å². The van der Waals surface area contributed by atoms with E-state index in [0.717, 1.165) is 33.4 Å². The third-order valence-electron chi connectivity index (χ3n) is 5.61. The fourth-order valence-corrected chi connectivity index (χ4v) is 4.64. The fourth-order valence-electron chi connectivity index (χ4n) is 4.64. The summed E-state index contributed by atoms with van der Waals surface area (Å²) >= 11 is 0. The van der Waals surface area contributed by atoms with Crippen LogP contribution in [0.15, 0.2) is 152 Å². The van der Waals surface area contributed by atoms with Crippen LogP contribution < -0.4 is 0 Å². The summed E-state index contributed by atoms with van der Waals surface area (Å²) in [5.74, 6) is 0. The van der Waals surface area contributed by atoms with Crippen molar-refractivity contribution >= 4 is 5.57 Å². The second-order valence-electron chi connectivity index (χ2n) is 6.78. The van der Waals surface area contributed by atoms with Gasteiger partial charge in [0.25, 0.3) is 0 Å². The fraction of sp³-hybridized carbons (Fsp3) is 0.0345. The number of fused-ring (bicyclic) bond motifs is 2. The standard InChI is InChI=1S/C29H26/c1-7-13-18-26-22(10-4)21(9-3)25(12-6)29(26)27(19-14-8-2)23(11-5)24-17-15-16-20-28(24)29/h7-20H,1-6H2/b18-13-,19-14-. The molecule has 1 unspecified atom stereocenters. The zero-order chi connectivity index (χ0) is 21.0. The van der Waals surface area contributed by atoms with Gasteiger partial charge < -0.3 is 0 Å². The van der Waals surface area contributed by atoms with E-state index in [2.05, 4.69) is 75.9 Å². The maximum atomic E-state index is 4.18. The molecule has 0 heterocycles. The van der Waals surface area contributed by atoms with Gasteiger partial charge in [0.2, 0.25) is 0 Å². The lowest BCUT2D eigenvalue weighted by Crippen LogP contribution is -2.28. The molecule has 0 N–H and O–H groups in total. The molecule has 0 saturated heterocycles. The van der Waals surface area contributed by atoms with E-state index in [1.54, 1.807) is 12.2 Å². The topological polar surface area (TPSA) is 0 Å². The van der Waals surface area contributed by atoms with Crippen molar-refractivity contribution in [1.82, 2.24) is 0 Å². The van der Waals surface area contributed by atoms with Crippen LogP contribution in [0.5, 0.6) is 0 Å². The minimum atomic E-state index is -0.520. The quantitative estimate of drug-likeness (QED) is 0.413. The Morgan fingerprint density at radius 3 is 1.62 bits per heavy atom. The summed E-state index contributed by atoms with van der Waals surface area (Å²) in [6, 6.07) is 8.48. The van der Waals surface area contributed by atoms with Crippen LogP contribution in [0.1, 0.15) is 11.1 Å². The Morgan fingerprint density at radius 2 is 1.10 bits per heavy atom. The van der Waals surface area contributed by atoms with Gasteiger partial charge in [0.05, 0.1) is 5.41 Å². The van der Waals surface area contributed by atoms with Crippen LogP contribution >= 0.6 is 0 Å². The van der Waals surface area contributed by atoms with Crippen molar-refractivity contribution in [3.63, 3.8) is 0 Å². The molecular weight excluding hydrogens is 348 g/mol. The van der Waals surface area contributed by atoms with Crippen LogP contribution in [0, 0.1) is 0 Å². The number of hydrogen-bond donors (Lipinski definition) is 0. The molecule has 0 nitrogen and oxygen atoms in total. The van der Waals surface area contributed by atoms with Crippen LogP contribution in [0.25, 0.3) is 5.57 Å². The summed E-state index contributed by atoms with van der Waals surface area (Å²) < 4.78 is 0. The number of hydrogen-bond acceptors (Lipinski definition) is 0. The van der Waals surface area contributed by atoms with Crippen molar-refractivity contribution in [1.29, 1.82) is 0 Å². The highest BCUT2D eigenvalue weighted by Gasteiger charge is 2.51. The van der Waals surface area contributed by atoms with Crippen molar-refractivity contribution in [2.24, 2.45) is 0 Å². The average Bonchev–Trinajstić information content (AvgIpc) is 3.19. The van der Waals surface area contributed by atoms with Gasteiger partial charge in [-0.05, 0) is 44.6 Å². The van der Waals surface area contributed by atoms with E-state index >= 15 is 0 Å². The molecule has 1 aromatic carbocycles. The van der Waals surface area contributed by atoms with Gasteiger partial charge in [-0.25, -0.2) is 0 Å². The van der Waals surface area contributed by atoms with Crippen molar-refractivity contribution in [2.45, 2.75) is 5.41 Å². The Hall–Kier alpha value is -3.64. The van der Waals surface area contributed by atoms with Crippen LogP contribution in [-0.4, -0.2) is 0 Å². The van der Waals surface area contributed by atoms with Gasteiger partial charge in [-0.2, -0.15) is 0 Å². The Morgan fingerprint density at radius 1 is 0.586 bits per heavy atom. The van der Waals surface area contributed by atoms with Gasteiger partial charge in [-0.15, -0.1) is 0 Å². The molecule has 1 spiro atoms. The van der Waals surface area contributed by atoms with Crippen LogP contribution in [0.3, 0.4) is 0 Å². The van der Waals surface area contributed by atoms with Gasteiger partial charge in [-0.3, -0.25) is 0 Å². The number of benzene rings is 1. The van der Waals surface area contributed by atoms with E-state index in [1.165, 1.54) is 11.1 Å². The first-order valence-electron chi connectivity index (χ1n) is 9.59. The molecule has 3 rings (SSSR count). The third kappa shape index (κ3) is 2.68. The molecule has 0 bridgehead atoms. The van der Waals surface area contributed by atoms with E-state index in [1.807, 2.05) is 36.5 Å². The predicted octanol–water partition coefficient (Wildman–Crippen LogP) is 7.53. The molecule has 29 heavy (non-hydrogen) atoms. The maximum Gasteiger partial charge on any atom is 0.0725 e. The van der Waals surface area contributed by atoms with Gasteiger partial charge in [0.1, 0.15) is 0 Å². The minimum Gasteiger partial charge on any atom is -0.0991 e. The summed E-state index contributed by atoms with van der Waals surface area (Å²) in [5.41, 5.74) is 8.43. The molecule has 0 radical (unpaired) electrons. The SMILES string of the molecule is C=C/C=C\C1=C(C=C)C(C=C)=C(C=C)C12C(/C=C\C=C)=C(C=C)c1ccccc12. The molecule has 0 saturated carbocycles. The Labute approximate surface area is 174 Å². The van der Waals surface area contributed by atoms with Crippen LogP contribution in [0.4, 0.5) is 0 Å². The van der Waals surface area contributed by atoms with E-state index in [0.29, 0.717) is 0 Å². The first kappa shape index (κ1) is 20.1. The smallest absolute Gasteiger partial charge is 0.0725 e. The maximum absolute atomic E-state index is 4.18. The molecule has 1 aromatic rings. The van der Waals surface area contributed by atoms with Gasteiger partial charge in [-0.1, -0.05) is 124 Å². The molecule has 142 valence electrons. The normalized spacial score (nSPS) is 20.7. The summed E-state index contributed by atoms with van der Waals surface area (Å²) in [6.07, 6.45) is 19.5. The second-order valence-corrected chi connectivity index (χ2v) is 6.78. The second kappa shape index (κ2) is 8.16.